The molecule has 0 bridgehead atoms. The Balaban J connectivity index is 0.000000913. The predicted octanol–water partition coefficient (Wildman–Crippen LogP) is 4.11. The van der Waals surface area contributed by atoms with Crippen molar-refractivity contribution in [2.75, 3.05) is 7.05 Å². The van der Waals surface area contributed by atoms with Crippen LogP contribution < -0.4 is 0 Å². The van der Waals surface area contributed by atoms with E-state index in [4.69, 9.17) is 9.90 Å². The molecule has 0 aliphatic carbocycles. The van der Waals surface area contributed by atoms with Gasteiger partial charge in [0.1, 0.15) is 5.82 Å². The number of aryl methyl sites for hydroxylation is 1. The molecule has 2 aromatic heterocycles. The number of nitrogens with zero attached hydrogens (tertiary/aromatic N) is 5. The smallest absolute Gasteiger partial charge is 0.290 e. The van der Waals surface area contributed by atoms with E-state index in [1.54, 1.807) is 16.8 Å². The van der Waals surface area contributed by atoms with E-state index in [2.05, 4.69) is 51.5 Å². The summed E-state index contributed by atoms with van der Waals surface area (Å²) in [5.74, 6) is -0.249. The number of hydrogen-bond acceptors (Lipinski definition) is 5. The molecule has 164 valence electrons. The topological polar surface area (TPSA) is 84.1 Å². The van der Waals surface area contributed by atoms with Crippen molar-refractivity contribution in [3.63, 3.8) is 0 Å². The number of rotatable bonds is 6. The molecule has 7 nitrogen and oxygen atoms in total. The summed E-state index contributed by atoms with van der Waals surface area (Å²) in [6.45, 7) is 3.27. The van der Waals surface area contributed by atoms with Gasteiger partial charge in [0.25, 0.3) is 6.47 Å². The fourth-order valence-corrected chi connectivity index (χ4v) is 3.19. The van der Waals surface area contributed by atoms with Gasteiger partial charge in [-0.25, -0.2) is 9.07 Å². The molecule has 0 amide bonds. The van der Waals surface area contributed by atoms with E-state index < -0.39 is 0 Å². The average Bonchev–Trinajstić information content (AvgIpc) is 3.24. The van der Waals surface area contributed by atoms with E-state index in [0.29, 0.717) is 0 Å². The third kappa shape index (κ3) is 6.29. The van der Waals surface area contributed by atoms with Crippen molar-refractivity contribution in [2.24, 2.45) is 0 Å². The number of aromatic nitrogens is 4. The van der Waals surface area contributed by atoms with E-state index in [1.807, 2.05) is 31.5 Å². The van der Waals surface area contributed by atoms with E-state index in [1.165, 1.54) is 17.7 Å². The normalized spacial score (nSPS) is 10.5. The van der Waals surface area contributed by atoms with Crippen molar-refractivity contribution in [1.29, 1.82) is 0 Å². The first-order valence-electron chi connectivity index (χ1n) is 9.94. The molecule has 2 heterocycles. The molecule has 2 aromatic carbocycles. The van der Waals surface area contributed by atoms with E-state index >= 15 is 0 Å². The lowest BCUT2D eigenvalue weighted by Gasteiger charge is -2.16. The van der Waals surface area contributed by atoms with Crippen LogP contribution in [0, 0.1) is 12.7 Å². The highest BCUT2D eigenvalue weighted by Gasteiger charge is 2.07. The molecule has 4 rings (SSSR count). The second kappa shape index (κ2) is 10.9. The summed E-state index contributed by atoms with van der Waals surface area (Å²) in [4.78, 5) is 10.6. The summed E-state index contributed by atoms with van der Waals surface area (Å²) >= 11 is 0. The van der Waals surface area contributed by atoms with Crippen molar-refractivity contribution < 1.29 is 14.3 Å². The lowest BCUT2D eigenvalue weighted by atomic mass is 10.1. The van der Waals surface area contributed by atoms with E-state index in [0.717, 1.165) is 41.3 Å². The summed E-state index contributed by atoms with van der Waals surface area (Å²) in [5.41, 5.74) is 6.02. The molecule has 1 N–H and O–H groups in total. The van der Waals surface area contributed by atoms with Gasteiger partial charge in [-0.15, -0.1) is 0 Å². The number of carbonyl (C=O) groups is 1. The highest BCUT2D eigenvalue weighted by atomic mass is 19.1. The van der Waals surface area contributed by atoms with E-state index in [-0.39, 0.29) is 12.3 Å². The molecule has 0 saturated carbocycles. The second-order valence-electron chi connectivity index (χ2n) is 7.30. The van der Waals surface area contributed by atoms with Crippen LogP contribution in [-0.2, 0) is 17.9 Å². The van der Waals surface area contributed by atoms with Crippen molar-refractivity contribution in [3.05, 3.63) is 95.7 Å². The van der Waals surface area contributed by atoms with Crippen LogP contribution in [0.25, 0.3) is 16.9 Å². The van der Waals surface area contributed by atoms with Gasteiger partial charge >= 0.3 is 0 Å². The molecule has 4 aromatic rings. The standard InChI is InChI=1S/C23H22FN5.CH2O2/c1-17-3-12-23(27-26-17)20-6-4-18(5-7-20)14-28(2)15-19-13-25-29(16-19)22-10-8-21(24)9-11-22;2-1-3/h3-13,16H,14-15H2,1-2H3;1H,(H,2,3). The van der Waals surface area contributed by atoms with Gasteiger partial charge in [0.05, 0.1) is 23.3 Å². The SMILES string of the molecule is Cc1ccc(-c2ccc(CN(C)Cc3cnn(-c4ccc(F)cc4)c3)cc2)nn1.O=CO. The zero-order valence-electron chi connectivity index (χ0n) is 17.9. The quantitative estimate of drug-likeness (QED) is 0.461. The van der Waals surface area contributed by atoms with E-state index in [9.17, 15) is 4.39 Å². The summed E-state index contributed by atoms with van der Waals surface area (Å²) in [6, 6.07) is 18.7. The molecule has 0 aliphatic rings. The number of benzene rings is 2. The molecule has 0 fully saturated rings. The van der Waals surface area contributed by atoms with Crippen molar-refractivity contribution in [1.82, 2.24) is 24.9 Å². The maximum atomic E-state index is 13.1. The summed E-state index contributed by atoms with van der Waals surface area (Å²) in [7, 11) is 2.08. The molecule has 0 atom stereocenters. The first kappa shape index (κ1) is 22.8. The third-order valence-corrected chi connectivity index (χ3v) is 4.68. The van der Waals surface area contributed by atoms with Gasteiger partial charge in [0.2, 0.25) is 0 Å². The predicted molar refractivity (Wildman–Crippen MR) is 120 cm³/mol. The number of halogens is 1. The highest BCUT2D eigenvalue weighted by molar-refractivity contribution is 5.58. The molecule has 8 heteroatoms. The highest BCUT2D eigenvalue weighted by Crippen LogP contribution is 2.18. The van der Waals surface area contributed by atoms with Crippen LogP contribution in [0.1, 0.15) is 16.8 Å². The Labute approximate surface area is 185 Å². The first-order valence-corrected chi connectivity index (χ1v) is 9.94. The Morgan fingerprint density at radius 1 is 0.969 bits per heavy atom. The van der Waals surface area contributed by atoms with Crippen LogP contribution >= 0.6 is 0 Å². The van der Waals surface area contributed by atoms with Crippen LogP contribution in [0.4, 0.5) is 4.39 Å². The fraction of sp³-hybridized carbons (Fsp3) is 0.167. The van der Waals surface area contributed by atoms with Gasteiger partial charge in [0.15, 0.2) is 0 Å². The van der Waals surface area contributed by atoms with Crippen molar-refractivity contribution >= 4 is 6.47 Å². The van der Waals surface area contributed by atoms with Gasteiger partial charge < -0.3 is 5.11 Å². The molecular weight excluding hydrogens is 409 g/mol. The minimum atomic E-state index is -0.250. The summed E-state index contributed by atoms with van der Waals surface area (Å²) < 4.78 is 14.8. The summed E-state index contributed by atoms with van der Waals surface area (Å²) in [5, 5.41) is 19.6. The maximum absolute atomic E-state index is 13.1. The number of hydrogen-bond donors (Lipinski definition) is 1. The van der Waals surface area contributed by atoms with Gasteiger partial charge in [-0.3, -0.25) is 9.69 Å². The number of carboxylic acid groups (broad SMARTS) is 1. The lowest BCUT2D eigenvalue weighted by molar-refractivity contribution is -0.122. The molecule has 0 spiro atoms. The molecular formula is C24H24FN5O2. The monoisotopic (exact) mass is 433 g/mol. The fourth-order valence-electron chi connectivity index (χ4n) is 3.19. The molecule has 0 radical (unpaired) electrons. The van der Waals surface area contributed by atoms with Crippen LogP contribution in [0.15, 0.2) is 73.1 Å². The Hall–Kier alpha value is -3.91. The average molecular weight is 433 g/mol. The van der Waals surface area contributed by atoms with Crippen LogP contribution in [0.3, 0.4) is 0 Å². The summed E-state index contributed by atoms with van der Waals surface area (Å²) in [6.07, 6.45) is 3.82. The molecule has 0 aliphatic heterocycles. The first-order chi connectivity index (χ1) is 15.5. The van der Waals surface area contributed by atoms with Crippen LogP contribution in [0.5, 0.6) is 0 Å². The lowest BCUT2D eigenvalue weighted by Crippen LogP contribution is -2.16. The minimum absolute atomic E-state index is 0.249. The minimum Gasteiger partial charge on any atom is -0.483 e. The Kier molecular flexibility index (Phi) is 7.77. The molecule has 0 saturated heterocycles. The van der Waals surface area contributed by atoms with Crippen LogP contribution in [0.2, 0.25) is 0 Å². The molecule has 32 heavy (non-hydrogen) atoms. The zero-order chi connectivity index (χ0) is 22.9. The van der Waals surface area contributed by atoms with Crippen molar-refractivity contribution in [2.45, 2.75) is 20.0 Å². The maximum Gasteiger partial charge on any atom is 0.290 e. The van der Waals surface area contributed by atoms with Gasteiger partial charge in [-0.2, -0.15) is 15.3 Å². The Morgan fingerprint density at radius 3 is 2.25 bits per heavy atom. The largest absolute Gasteiger partial charge is 0.483 e. The molecule has 0 unspecified atom stereocenters. The Bertz CT molecular complexity index is 1130. The zero-order valence-corrected chi connectivity index (χ0v) is 17.9. The van der Waals surface area contributed by atoms with Gasteiger partial charge in [-0.1, -0.05) is 24.3 Å². The second-order valence-corrected chi connectivity index (χ2v) is 7.30. The van der Waals surface area contributed by atoms with Crippen molar-refractivity contribution in [3.8, 4) is 16.9 Å². The Morgan fingerprint density at radius 2 is 1.62 bits per heavy atom. The van der Waals surface area contributed by atoms with Crippen LogP contribution in [-0.4, -0.2) is 43.5 Å². The van der Waals surface area contributed by atoms with Gasteiger partial charge in [0, 0.05) is 30.4 Å². The third-order valence-electron chi connectivity index (χ3n) is 4.68. The van der Waals surface area contributed by atoms with Gasteiger partial charge in [-0.05, 0) is 55.9 Å².